The molecule has 0 saturated heterocycles. The average Bonchev–Trinajstić information content (AvgIpc) is 2.35. The van der Waals surface area contributed by atoms with Gasteiger partial charge in [0.15, 0.2) is 0 Å². The van der Waals surface area contributed by atoms with E-state index in [0.717, 1.165) is 20.9 Å². The standard InChI is InChI=1S/C15H13FO2S/c1-10-2-3-11(9-15(17)18)14(8-10)19-13-6-4-12(16)5-7-13/h2-8H,9H2,1H3,(H,17,18). The summed E-state index contributed by atoms with van der Waals surface area (Å²) in [6, 6.07) is 11.8. The topological polar surface area (TPSA) is 37.3 Å². The first-order valence-electron chi connectivity index (χ1n) is 5.79. The van der Waals surface area contributed by atoms with E-state index in [-0.39, 0.29) is 12.2 Å². The average molecular weight is 276 g/mol. The van der Waals surface area contributed by atoms with Crippen LogP contribution in [0.2, 0.25) is 0 Å². The highest BCUT2D eigenvalue weighted by Crippen LogP contribution is 2.31. The molecule has 0 spiro atoms. The molecule has 2 aromatic rings. The van der Waals surface area contributed by atoms with Crippen molar-refractivity contribution in [2.75, 3.05) is 0 Å². The minimum Gasteiger partial charge on any atom is -0.481 e. The molecule has 2 aromatic carbocycles. The highest BCUT2D eigenvalue weighted by atomic mass is 32.2. The lowest BCUT2D eigenvalue weighted by Crippen LogP contribution is -2.01. The summed E-state index contributed by atoms with van der Waals surface area (Å²) in [5.74, 6) is -1.14. The number of aliphatic carboxylic acids is 1. The third-order valence-corrected chi connectivity index (χ3v) is 3.71. The molecule has 0 amide bonds. The number of carboxylic acid groups (broad SMARTS) is 1. The lowest BCUT2D eigenvalue weighted by Gasteiger charge is -2.08. The molecule has 19 heavy (non-hydrogen) atoms. The number of hydrogen-bond donors (Lipinski definition) is 1. The number of carbonyl (C=O) groups is 1. The first-order valence-corrected chi connectivity index (χ1v) is 6.61. The summed E-state index contributed by atoms with van der Waals surface area (Å²) >= 11 is 1.45. The maximum atomic E-state index is 12.9. The van der Waals surface area contributed by atoms with E-state index in [0.29, 0.717) is 0 Å². The Kier molecular flexibility index (Phi) is 4.22. The van der Waals surface area contributed by atoms with Crippen LogP contribution in [0.4, 0.5) is 4.39 Å². The molecule has 0 bridgehead atoms. The molecule has 0 aliphatic heterocycles. The SMILES string of the molecule is Cc1ccc(CC(=O)O)c(Sc2ccc(F)cc2)c1. The second-order valence-corrected chi connectivity index (χ2v) is 5.35. The molecular weight excluding hydrogens is 263 g/mol. The number of hydrogen-bond acceptors (Lipinski definition) is 2. The maximum Gasteiger partial charge on any atom is 0.307 e. The Morgan fingerprint density at radius 1 is 1.21 bits per heavy atom. The minimum absolute atomic E-state index is 0.0101. The van der Waals surface area contributed by atoms with Crippen LogP contribution in [0.5, 0.6) is 0 Å². The first-order chi connectivity index (χ1) is 9.04. The van der Waals surface area contributed by atoms with Crippen LogP contribution in [0.15, 0.2) is 52.3 Å². The van der Waals surface area contributed by atoms with E-state index < -0.39 is 5.97 Å². The van der Waals surface area contributed by atoms with Crippen molar-refractivity contribution in [1.29, 1.82) is 0 Å². The van der Waals surface area contributed by atoms with Crippen molar-refractivity contribution < 1.29 is 14.3 Å². The molecule has 0 aliphatic carbocycles. The van der Waals surface area contributed by atoms with Gasteiger partial charge in [0, 0.05) is 9.79 Å². The predicted octanol–water partition coefficient (Wildman–Crippen LogP) is 3.91. The summed E-state index contributed by atoms with van der Waals surface area (Å²) < 4.78 is 12.9. The van der Waals surface area contributed by atoms with Crippen LogP contribution < -0.4 is 0 Å². The van der Waals surface area contributed by atoms with Crippen LogP contribution in [0.25, 0.3) is 0 Å². The van der Waals surface area contributed by atoms with E-state index >= 15 is 0 Å². The van der Waals surface area contributed by atoms with E-state index in [1.807, 2.05) is 25.1 Å². The van der Waals surface area contributed by atoms with E-state index in [1.54, 1.807) is 12.1 Å². The zero-order valence-corrected chi connectivity index (χ0v) is 11.2. The summed E-state index contributed by atoms with van der Waals surface area (Å²) in [4.78, 5) is 12.6. The van der Waals surface area contributed by atoms with Gasteiger partial charge in [0.25, 0.3) is 0 Å². The fraction of sp³-hybridized carbons (Fsp3) is 0.133. The van der Waals surface area contributed by atoms with Crippen molar-refractivity contribution in [1.82, 2.24) is 0 Å². The zero-order valence-electron chi connectivity index (χ0n) is 10.4. The van der Waals surface area contributed by atoms with Gasteiger partial charge in [-0.1, -0.05) is 23.9 Å². The monoisotopic (exact) mass is 276 g/mol. The van der Waals surface area contributed by atoms with Gasteiger partial charge in [0.05, 0.1) is 6.42 Å². The summed E-state index contributed by atoms with van der Waals surface area (Å²) in [6.07, 6.45) is -0.0101. The first kappa shape index (κ1) is 13.6. The summed E-state index contributed by atoms with van der Waals surface area (Å²) in [5, 5.41) is 8.90. The Morgan fingerprint density at radius 2 is 1.89 bits per heavy atom. The van der Waals surface area contributed by atoms with Gasteiger partial charge in [0.2, 0.25) is 0 Å². The molecule has 0 aliphatic rings. The van der Waals surface area contributed by atoms with E-state index in [9.17, 15) is 9.18 Å². The third-order valence-electron chi connectivity index (χ3n) is 2.61. The second-order valence-electron chi connectivity index (χ2n) is 4.24. The smallest absolute Gasteiger partial charge is 0.307 e. The largest absolute Gasteiger partial charge is 0.481 e. The van der Waals surface area contributed by atoms with Gasteiger partial charge in [-0.3, -0.25) is 4.79 Å². The van der Waals surface area contributed by atoms with Gasteiger partial charge in [0.1, 0.15) is 5.82 Å². The Hall–Kier alpha value is -1.81. The third kappa shape index (κ3) is 3.83. The van der Waals surface area contributed by atoms with Crippen molar-refractivity contribution in [3.63, 3.8) is 0 Å². The van der Waals surface area contributed by atoms with Gasteiger partial charge in [-0.05, 0) is 48.4 Å². The van der Waals surface area contributed by atoms with Crippen molar-refractivity contribution in [2.24, 2.45) is 0 Å². The Morgan fingerprint density at radius 3 is 2.53 bits per heavy atom. The van der Waals surface area contributed by atoms with Crippen LogP contribution in [0, 0.1) is 12.7 Å². The molecule has 0 aromatic heterocycles. The lowest BCUT2D eigenvalue weighted by molar-refractivity contribution is -0.136. The van der Waals surface area contributed by atoms with Crippen molar-refractivity contribution in [2.45, 2.75) is 23.1 Å². The summed E-state index contributed by atoms with van der Waals surface area (Å²) in [6.45, 7) is 1.96. The molecule has 4 heteroatoms. The van der Waals surface area contributed by atoms with Gasteiger partial charge in [-0.15, -0.1) is 0 Å². The molecule has 0 heterocycles. The Bertz CT molecular complexity index is 594. The maximum absolute atomic E-state index is 12.9. The molecule has 98 valence electrons. The van der Waals surface area contributed by atoms with Crippen molar-refractivity contribution >= 4 is 17.7 Å². The molecule has 1 N–H and O–H groups in total. The van der Waals surface area contributed by atoms with Crippen LogP contribution >= 0.6 is 11.8 Å². The lowest BCUT2D eigenvalue weighted by atomic mass is 10.1. The molecule has 2 rings (SSSR count). The zero-order chi connectivity index (χ0) is 13.8. The van der Waals surface area contributed by atoms with Gasteiger partial charge < -0.3 is 5.11 Å². The quantitative estimate of drug-likeness (QED) is 0.919. The van der Waals surface area contributed by atoms with Gasteiger partial charge >= 0.3 is 5.97 Å². The Balaban J connectivity index is 2.29. The summed E-state index contributed by atoms with van der Waals surface area (Å²) in [7, 11) is 0. The molecule has 0 fully saturated rings. The Labute approximate surface area is 115 Å². The van der Waals surface area contributed by atoms with Crippen LogP contribution in [-0.4, -0.2) is 11.1 Å². The number of aryl methyl sites for hydroxylation is 1. The van der Waals surface area contributed by atoms with E-state index in [1.165, 1.54) is 23.9 Å². The van der Waals surface area contributed by atoms with Crippen LogP contribution in [-0.2, 0) is 11.2 Å². The highest BCUT2D eigenvalue weighted by Gasteiger charge is 2.08. The molecule has 0 saturated carbocycles. The number of rotatable bonds is 4. The van der Waals surface area contributed by atoms with Gasteiger partial charge in [-0.2, -0.15) is 0 Å². The molecule has 2 nitrogen and oxygen atoms in total. The van der Waals surface area contributed by atoms with E-state index in [2.05, 4.69) is 0 Å². The van der Waals surface area contributed by atoms with Crippen molar-refractivity contribution in [3.05, 3.63) is 59.4 Å². The molecule has 0 radical (unpaired) electrons. The molecule has 0 unspecified atom stereocenters. The normalized spacial score (nSPS) is 10.4. The second kappa shape index (κ2) is 5.89. The summed E-state index contributed by atoms with van der Waals surface area (Å²) in [5.41, 5.74) is 1.84. The van der Waals surface area contributed by atoms with Crippen LogP contribution in [0.3, 0.4) is 0 Å². The van der Waals surface area contributed by atoms with Crippen LogP contribution in [0.1, 0.15) is 11.1 Å². The van der Waals surface area contributed by atoms with Crippen molar-refractivity contribution in [3.8, 4) is 0 Å². The fourth-order valence-electron chi connectivity index (χ4n) is 1.70. The van der Waals surface area contributed by atoms with Gasteiger partial charge in [-0.25, -0.2) is 4.39 Å². The van der Waals surface area contributed by atoms with E-state index in [4.69, 9.17) is 5.11 Å². The molecule has 0 atom stereocenters. The molecular formula is C15H13FO2S. The number of carboxylic acids is 1. The minimum atomic E-state index is -0.857. The predicted molar refractivity (Wildman–Crippen MR) is 73.0 cm³/mol. The highest BCUT2D eigenvalue weighted by molar-refractivity contribution is 7.99. The number of benzene rings is 2. The number of halogens is 1. The fourth-order valence-corrected chi connectivity index (χ4v) is 2.74.